The number of carbonyl (C=O) groups excluding carboxylic acids is 1. The molecule has 3 N–H and O–H groups in total. The van der Waals surface area contributed by atoms with Gasteiger partial charge in [0.2, 0.25) is 0 Å². The lowest BCUT2D eigenvalue weighted by molar-refractivity contribution is 0.0912. The van der Waals surface area contributed by atoms with E-state index in [-0.39, 0.29) is 22.9 Å². The highest BCUT2D eigenvalue weighted by molar-refractivity contribution is 7.80. The fraction of sp³-hybridized carbons (Fsp3) is 0.280. The number of ether oxygens (including phenoxy) is 3. The maximum atomic E-state index is 12.4. The Hall–Kier alpha value is -3.72. The molecule has 0 saturated carbocycles. The molecule has 9 heteroatoms. The zero-order chi connectivity index (χ0) is 24.7. The summed E-state index contributed by atoms with van der Waals surface area (Å²) in [5, 5.41) is 3.12. The van der Waals surface area contributed by atoms with E-state index in [0.29, 0.717) is 22.9 Å². The minimum Gasteiger partial charge on any atom is -0.497 e. The molecular weight excluding hydrogens is 454 g/mol. The molecule has 1 heterocycles. The molecule has 2 aromatic carbocycles. The van der Waals surface area contributed by atoms with Crippen molar-refractivity contribution in [2.45, 2.75) is 32.8 Å². The van der Waals surface area contributed by atoms with Gasteiger partial charge in [-0.2, -0.15) is 0 Å². The van der Waals surface area contributed by atoms with Crippen LogP contribution < -0.4 is 30.4 Å². The molecular formula is C25H29N3O5S. The number of nitrogens with one attached hydrogen (secondary N) is 3. The van der Waals surface area contributed by atoms with Gasteiger partial charge in [-0.15, -0.1) is 0 Å². The SMILES string of the molecule is COc1ccc(NC(=S)NNC(=O)c2ccc(COc3ccc(C(C)(C)C)cc3)o2)c(OC)c1. The molecule has 3 rings (SSSR count). The molecule has 0 aliphatic heterocycles. The Bertz CT molecular complexity index is 1140. The third-order valence-electron chi connectivity index (χ3n) is 4.93. The first-order valence-corrected chi connectivity index (χ1v) is 11.0. The van der Waals surface area contributed by atoms with Gasteiger partial charge in [0.05, 0.1) is 19.9 Å². The number of benzene rings is 2. The maximum absolute atomic E-state index is 12.4. The van der Waals surface area contributed by atoms with E-state index >= 15 is 0 Å². The standard InChI is InChI=1S/C25H29N3O5S/c1-25(2,3)16-6-8-17(9-7-16)32-15-19-11-13-21(33-19)23(29)27-28-24(34)26-20-12-10-18(30-4)14-22(20)31-5/h6-14H,15H2,1-5H3,(H,27,29)(H2,26,28,34). The molecule has 1 aromatic heterocycles. The van der Waals surface area contributed by atoms with Crippen molar-refractivity contribution < 1.29 is 23.4 Å². The summed E-state index contributed by atoms with van der Waals surface area (Å²) >= 11 is 5.23. The highest BCUT2D eigenvalue weighted by atomic mass is 32.1. The van der Waals surface area contributed by atoms with Crippen LogP contribution >= 0.6 is 12.2 Å². The van der Waals surface area contributed by atoms with Crippen LogP contribution in [-0.2, 0) is 12.0 Å². The predicted molar refractivity (Wildman–Crippen MR) is 135 cm³/mol. The number of hydrazine groups is 1. The number of rotatable bonds is 7. The smallest absolute Gasteiger partial charge is 0.305 e. The fourth-order valence-electron chi connectivity index (χ4n) is 3.01. The normalized spacial score (nSPS) is 10.9. The van der Waals surface area contributed by atoms with E-state index in [9.17, 15) is 4.79 Å². The van der Waals surface area contributed by atoms with E-state index in [2.05, 4.69) is 36.9 Å². The van der Waals surface area contributed by atoms with E-state index in [1.165, 1.54) is 12.7 Å². The van der Waals surface area contributed by atoms with Crippen molar-refractivity contribution in [1.82, 2.24) is 10.9 Å². The summed E-state index contributed by atoms with van der Waals surface area (Å²) in [6.07, 6.45) is 0. The Morgan fingerprint density at radius 3 is 2.29 bits per heavy atom. The predicted octanol–water partition coefficient (Wildman–Crippen LogP) is 4.80. The Kier molecular flexibility index (Phi) is 8.01. The highest BCUT2D eigenvalue weighted by Crippen LogP contribution is 2.29. The summed E-state index contributed by atoms with van der Waals surface area (Å²) in [6, 6.07) is 16.4. The van der Waals surface area contributed by atoms with Crippen LogP contribution in [0.3, 0.4) is 0 Å². The van der Waals surface area contributed by atoms with Crippen LogP contribution in [0, 0.1) is 0 Å². The molecule has 0 atom stereocenters. The second kappa shape index (κ2) is 10.9. The van der Waals surface area contributed by atoms with Gasteiger partial charge in [-0.05, 0) is 59.6 Å². The number of hydrogen-bond donors (Lipinski definition) is 3. The van der Waals surface area contributed by atoms with Gasteiger partial charge >= 0.3 is 5.91 Å². The topological polar surface area (TPSA) is 94.0 Å². The third kappa shape index (κ3) is 6.64. The van der Waals surface area contributed by atoms with Crippen molar-refractivity contribution >= 4 is 28.9 Å². The molecule has 0 radical (unpaired) electrons. The quantitative estimate of drug-likeness (QED) is 0.326. The van der Waals surface area contributed by atoms with E-state index in [0.717, 1.165) is 5.75 Å². The van der Waals surface area contributed by atoms with Crippen molar-refractivity contribution in [3.05, 3.63) is 71.7 Å². The van der Waals surface area contributed by atoms with Gasteiger partial charge < -0.3 is 23.9 Å². The van der Waals surface area contributed by atoms with E-state index in [1.807, 2.05) is 24.3 Å². The van der Waals surface area contributed by atoms with Crippen LogP contribution in [0.1, 0.15) is 42.6 Å². The Labute approximate surface area is 204 Å². The molecule has 8 nitrogen and oxygen atoms in total. The molecule has 0 aliphatic carbocycles. The first-order valence-electron chi connectivity index (χ1n) is 10.6. The van der Waals surface area contributed by atoms with Crippen LogP contribution in [0.4, 0.5) is 5.69 Å². The molecule has 0 aliphatic rings. The van der Waals surface area contributed by atoms with Crippen LogP contribution in [0.25, 0.3) is 0 Å². The number of hydrogen-bond acceptors (Lipinski definition) is 6. The second-order valence-corrected chi connectivity index (χ2v) is 8.84. The second-order valence-electron chi connectivity index (χ2n) is 8.43. The number of furan rings is 1. The third-order valence-corrected chi connectivity index (χ3v) is 5.14. The van der Waals surface area contributed by atoms with Crippen LogP contribution in [0.2, 0.25) is 0 Å². The number of amides is 1. The Morgan fingerprint density at radius 1 is 0.941 bits per heavy atom. The maximum Gasteiger partial charge on any atom is 0.305 e. The van der Waals surface area contributed by atoms with E-state index < -0.39 is 5.91 Å². The monoisotopic (exact) mass is 483 g/mol. The van der Waals surface area contributed by atoms with Crippen molar-refractivity contribution in [1.29, 1.82) is 0 Å². The van der Waals surface area contributed by atoms with Gasteiger partial charge in [0.25, 0.3) is 0 Å². The summed E-state index contributed by atoms with van der Waals surface area (Å²) in [5.41, 5.74) is 7.05. The zero-order valence-corrected chi connectivity index (χ0v) is 20.7. The summed E-state index contributed by atoms with van der Waals surface area (Å²) in [7, 11) is 3.11. The van der Waals surface area contributed by atoms with Crippen molar-refractivity contribution in [2.75, 3.05) is 19.5 Å². The molecule has 0 fully saturated rings. The fourth-order valence-corrected chi connectivity index (χ4v) is 3.17. The number of thiocarbonyl (C=S) groups is 1. The van der Waals surface area contributed by atoms with Crippen molar-refractivity contribution in [2.24, 2.45) is 0 Å². The lowest BCUT2D eigenvalue weighted by Gasteiger charge is -2.19. The zero-order valence-electron chi connectivity index (χ0n) is 19.9. The summed E-state index contributed by atoms with van der Waals surface area (Å²) in [5.74, 6) is 2.08. The summed E-state index contributed by atoms with van der Waals surface area (Å²) in [4.78, 5) is 12.4. The average Bonchev–Trinajstić information content (AvgIpc) is 3.30. The lowest BCUT2D eigenvalue weighted by Crippen LogP contribution is -2.43. The largest absolute Gasteiger partial charge is 0.497 e. The summed E-state index contributed by atoms with van der Waals surface area (Å²) < 4.78 is 21.8. The van der Waals surface area contributed by atoms with Gasteiger partial charge in [0.15, 0.2) is 10.9 Å². The van der Waals surface area contributed by atoms with Gasteiger partial charge in [-0.25, -0.2) is 0 Å². The Balaban J connectivity index is 1.49. The number of methoxy groups -OCH3 is 2. The number of anilines is 1. The lowest BCUT2D eigenvalue weighted by atomic mass is 9.87. The first-order chi connectivity index (χ1) is 16.2. The molecule has 34 heavy (non-hydrogen) atoms. The van der Waals surface area contributed by atoms with Gasteiger partial charge in [-0.3, -0.25) is 15.6 Å². The minimum absolute atomic E-state index is 0.0778. The molecule has 180 valence electrons. The van der Waals surface area contributed by atoms with Gasteiger partial charge in [0.1, 0.15) is 29.6 Å². The Morgan fingerprint density at radius 2 is 1.65 bits per heavy atom. The molecule has 0 spiro atoms. The highest BCUT2D eigenvalue weighted by Gasteiger charge is 2.14. The van der Waals surface area contributed by atoms with Crippen molar-refractivity contribution in [3.63, 3.8) is 0 Å². The summed E-state index contributed by atoms with van der Waals surface area (Å²) in [6.45, 7) is 6.68. The molecule has 0 unspecified atom stereocenters. The van der Waals surface area contributed by atoms with Gasteiger partial charge in [-0.1, -0.05) is 32.9 Å². The minimum atomic E-state index is -0.480. The molecule has 0 bridgehead atoms. The van der Waals surface area contributed by atoms with Crippen LogP contribution in [-0.4, -0.2) is 25.2 Å². The van der Waals surface area contributed by atoms with Crippen LogP contribution in [0.15, 0.2) is 59.0 Å². The molecule has 3 aromatic rings. The van der Waals surface area contributed by atoms with E-state index in [1.54, 1.807) is 37.4 Å². The van der Waals surface area contributed by atoms with Crippen LogP contribution in [0.5, 0.6) is 17.2 Å². The van der Waals surface area contributed by atoms with E-state index in [4.69, 9.17) is 30.8 Å². The molecule has 1 amide bonds. The first kappa shape index (κ1) is 24.9. The van der Waals surface area contributed by atoms with Crippen molar-refractivity contribution in [3.8, 4) is 17.2 Å². The van der Waals surface area contributed by atoms with Gasteiger partial charge in [0, 0.05) is 6.07 Å². The number of carbonyl (C=O) groups is 1. The molecule has 0 saturated heterocycles. The average molecular weight is 484 g/mol.